The van der Waals surface area contributed by atoms with Crippen molar-refractivity contribution in [2.45, 2.75) is 19.5 Å². The van der Waals surface area contributed by atoms with Crippen molar-refractivity contribution in [3.63, 3.8) is 0 Å². The van der Waals surface area contributed by atoms with Crippen LogP contribution in [-0.2, 0) is 11.3 Å². The van der Waals surface area contributed by atoms with Gasteiger partial charge in [0.2, 0.25) is 5.91 Å². The summed E-state index contributed by atoms with van der Waals surface area (Å²) in [5.41, 5.74) is 0.616. The topological polar surface area (TPSA) is 67.2 Å². The molecule has 0 radical (unpaired) electrons. The molecule has 1 atom stereocenters. The van der Waals surface area contributed by atoms with Gasteiger partial charge < -0.3 is 19.2 Å². The summed E-state index contributed by atoms with van der Waals surface area (Å²) in [7, 11) is 3.18. The zero-order valence-electron chi connectivity index (χ0n) is 16.1. The molecule has 27 heavy (non-hydrogen) atoms. The zero-order chi connectivity index (χ0) is 19.2. The zero-order valence-corrected chi connectivity index (χ0v) is 16.1. The van der Waals surface area contributed by atoms with Crippen LogP contribution in [-0.4, -0.2) is 62.1 Å². The van der Waals surface area contributed by atoms with Crippen LogP contribution in [0.15, 0.2) is 41.0 Å². The van der Waals surface area contributed by atoms with E-state index >= 15 is 0 Å². The van der Waals surface area contributed by atoms with Gasteiger partial charge in [0.1, 0.15) is 17.3 Å². The molecule has 7 heteroatoms. The van der Waals surface area contributed by atoms with Crippen LogP contribution in [0, 0.1) is 0 Å². The van der Waals surface area contributed by atoms with E-state index in [1.807, 2.05) is 19.1 Å². The molecule has 1 amide bonds. The molecular formula is C20H27N3O4. The number of piperazine rings is 1. The number of rotatable bonds is 7. The fraction of sp³-hybridized carbons (Fsp3) is 0.450. The molecule has 2 heterocycles. The Hall–Kier alpha value is -2.51. The Bertz CT molecular complexity index is 740. The fourth-order valence-corrected chi connectivity index (χ4v) is 3.25. The van der Waals surface area contributed by atoms with Gasteiger partial charge >= 0.3 is 0 Å². The minimum absolute atomic E-state index is 0.0546. The van der Waals surface area contributed by atoms with Gasteiger partial charge in [0.15, 0.2) is 0 Å². The van der Waals surface area contributed by atoms with Gasteiger partial charge in [-0.1, -0.05) is 0 Å². The molecule has 0 bridgehead atoms. The van der Waals surface area contributed by atoms with E-state index in [9.17, 15) is 4.79 Å². The number of nitrogens with zero attached hydrogens (tertiary/aromatic N) is 2. The van der Waals surface area contributed by atoms with E-state index in [1.54, 1.807) is 38.7 Å². The molecule has 3 rings (SSSR count). The van der Waals surface area contributed by atoms with Crippen LogP contribution in [0.1, 0.15) is 12.7 Å². The lowest BCUT2D eigenvalue weighted by molar-refractivity contribution is -0.121. The van der Waals surface area contributed by atoms with Gasteiger partial charge in [-0.2, -0.15) is 0 Å². The number of methoxy groups -OCH3 is 2. The van der Waals surface area contributed by atoms with Crippen LogP contribution in [0.5, 0.6) is 11.5 Å². The Kier molecular flexibility index (Phi) is 6.36. The van der Waals surface area contributed by atoms with Crippen molar-refractivity contribution in [3.05, 3.63) is 42.4 Å². The van der Waals surface area contributed by atoms with E-state index in [2.05, 4.69) is 15.1 Å². The standard InChI is InChI=1S/C20H27N3O4/c1-15(20(24)21-18-13-16(25-2)6-7-19(18)26-3)23-10-8-22(9-11-23)14-17-5-4-12-27-17/h4-7,12-13,15H,8-11,14H2,1-3H3,(H,21,24)/t15-/m1/s1. The van der Waals surface area contributed by atoms with Gasteiger partial charge in [0.25, 0.3) is 0 Å². The molecule has 146 valence electrons. The number of carbonyl (C=O) groups excluding carboxylic acids is 1. The van der Waals surface area contributed by atoms with Crippen molar-refractivity contribution in [2.24, 2.45) is 0 Å². The molecule has 0 unspecified atom stereocenters. The van der Waals surface area contributed by atoms with Gasteiger partial charge in [0.05, 0.1) is 38.8 Å². The lowest BCUT2D eigenvalue weighted by Gasteiger charge is -2.37. The van der Waals surface area contributed by atoms with E-state index in [1.165, 1.54) is 0 Å². The van der Waals surface area contributed by atoms with Crippen LogP contribution in [0.25, 0.3) is 0 Å². The number of nitrogens with one attached hydrogen (secondary N) is 1. The molecule has 1 N–H and O–H groups in total. The highest BCUT2D eigenvalue weighted by molar-refractivity contribution is 5.96. The molecule has 1 aromatic heterocycles. The Morgan fingerprint density at radius 2 is 1.96 bits per heavy atom. The van der Waals surface area contributed by atoms with E-state index in [0.29, 0.717) is 17.2 Å². The summed E-state index contributed by atoms with van der Waals surface area (Å²) >= 11 is 0. The molecule has 0 spiro atoms. The number of benzene rings is 1. The predicted octanol–water partition coefficient (Wildman–Crippen LogP) is 2.44. The minimum Gasteiger partial charge on any atom is -0.497 e. The summed E-state index contributed by atoms with van der Waals surface area (Å²) in [6.07, 6.45) is 1.70. The molecule has 1 saturated heterocycles. The van der Waals surface area contributed by atoms with Crippen LogP contribution in [0.2, 0.25) is 0 Å². The van der Waals surface area contributed by atoms with Crippen LogP contribution in [0.3, 0.4) is 0 Å². The summed E-state index contributed by atoms with van der Waals surface area (Å²) in [5.74, 6) is 2.20. The number of hydrogen-bond acceptors (Lipinski definition) is 6. The summed E-state index contributed by atoms with van der Waals surface area (Å²) in [6.45, 7) is 6.23. The average Bonchev–Trinajstić information content (AvgIpc) is 3.21. The number of ether oxygens (including phenoxy) is 2. The first-order valence-corrected chi connectivity index (χ1v) is 9.12. The molecular weight excluding hydrogens is 346 g/mol. The summed E-state index contributed by atoms with van der Waals surface area (Å²) in [5, 5.41) is 2.97. The second-order valence-electron chi connectivity index (χ2n) is 6.62. The monoisotopic (exact) mass is 373 g/mol. The average molecular weight is 373 g/mol. The van der Waals surface area contributed by atoms with Crippen LogP contribution < -0.4 is 14.8 Å². The Morgan fingerprint density at radius 1 is 1.19 bits per heavy atom. The maximum atomic E-state index is 12.7. The van der Waals surface area contributed by atoms with Crippen molar-refractivity contribution in [3.8, 4) is 11.5 Å². The van der Waals surface area contributed by atoms with Gasteiger partial charge in [-0.15, -0.1) is 0 Å². The highest BCUT2D eigenvalue weighted by Crippen LogP contribution is 2.29. The first-order valence-electron chi connectivity index (χ1n) is 9.12. The quantitative estimate of drug-likeness (QED) is 0.804. The maximum Gasteiger partial charge on any atom is 0.241 e. The smallest absolute Gasteiger partial charge is 0.241 e. The second-order valence-corrected chi connectivity index (χ2v) is 6.62. The fourth-order valence-electron chi connectivity index (χ4n) is 3.25. The van der Waals surface area contributed by atoms with Gasteiger partial charge in [-0.3, -0.25) is 14.6 Å². The normalized spacial score (nSPS) is 16.7. The third kappa shape index (κ3) is 4.81. The number of anilines is 1. The molecule has 2 aromatic rings. The van der Waals surface area contributed by atoms with Crippen molar-refractivity contribution in [1.29, 1.82) is 0 Å². The number of carbonyl (C=O) groups is 1. The van der Waals surface area contributed by atoms with Crippen molar-refractivity contribution < 1.29 is 18.7 Å². The number of furan rings is 1. The summed E-state index contributed by atoms with van der Waals surface area (Å²) < 4.78 is 16.0. The lowest BCUT2D eigenvalue weighted by atomic mass is 10.2. The first-order chi connectivity index (χ1) is 13.1. The lowest BCUT2D eigenvalue weighted by Crippen LogP contribution is -2.52. The molecule has 1 fully saturated rings. The van der Waals surface area contributed by atoms with Gasteiger partial charge in [0, 0.05) is 32.2 Å². The van der Waals surface area contributed by atoms with Crippen LogP contribution in [0.4, 0.5) is 5.69 Å². The molecule has 1 aromatic carbocycles. The highest BCUT2D eigenvalue weighted by atomic mass is 16.5. The van der Waals surface area contributed by atoms with E-state index in [0.717, 1.165) is 38.5 Å². The third-order valence-electron chi connectivity index (χ3n) is 4.96. The van der Waals surface area contributed by atoms with Gasteiger partial charge in [-0.25, -0.2) is 0 Å². The van der Waals surface area contributed by atoms with Crippen LogP contribution >= 0.6 is 0 Å². The number of amides is 1. The summed E-state index contributed by atoms with van der Waals surface area (Å²) in [6, 6.07) is 9.02. The summed E-state index contributed by atoms with van der Waals surface area (Å²) in [4.78, 5) is 17.3. The SMILES string of the molecule is COc1ccc(OC)c(NC(=O)[C@@H](C)N2CCN(Cc3ccco3)CC2)c1. The van der Waals surface area contributed by atoms with Crippen molar-refractivity contribution >= 4 is 11.6 Å². The Labute approximate surface area is 159 Å². The second kappa shape index (κ2) is 8.92. The molecule has 1 aliphatic heterocycles. The van der Waals surface area contributed by atoms with Gasteiger partial charge in [-0.05, 0) is 31.2 Å². The van der Waals surface area contributed by atoms with E-state index in [4.69, 9.17) is 13.9 Å². The molecule has 1 aliphatic rings. The molecule has 7 nitrogen and oxygen atoms in total. The largest absolute Gasteiger partial charge is 0.497 e. The Morgan fingerprint density at radius 3 is 2.59 bits per heavy atom. The minimum atomic E-state index is -0.230. The third-order valence-corrected chi connectivity index (χ3v) is 4.96. The molecule has 0 aliphatic carbocycles. The highest BCUT2D eigenvalue weighted by Gasteiger charge is 2.26. The number of hydrogen-bond donors (Lipinski definition) is 1. The predicted molar refractivity (Wildman–Crippen MR) is 103 cm³/mol. The van der Waals surface area contributed by atoms with Crippen molar-refractivity contribution in [2.75, 3.05) is 45.7 Å². The van der Waals surface area contributed by atoms with E-state index < -0.39 is 0 Å². The first kappa shape index (κ1) is 19.3. The Balaban J connectivity index is 1.55. The molecule has 0 saturated carbocycles. The van der Waals surface area contributed by atoms with Crippen molar-refractivity contribution in [1.82, 2.24) is 9.80 Å². The maximum absolute atomic E-state index is 12.7. The van der Waals surface area contributed by atoms with E-state index in [-0.39, 0.29) is 11.9 Å².